The van der Waals surface area contributed by atoms with Gasteiger partial charge in [-0.3, -0.25) is 4.79 Å². The number of ether oxygens (including phenoxy) is 1. The van der Waals surface area contributed by atoms with Gasteiger partial charge < -0.3 is 20.5 Å². The second-order valence-corrected chi connectivity index (χ2v) is 7.34. The van der Waals surface area contributed by atoms with Gasteiger partial charge in [-0.15, -0.1) is 10.2 Å². The van der Waals surface area contributed by atoms with Gasteiger partial charge in [0.2, 0.25) is 5.88 Å². The molecule has 0 bridgehead atoms. The van der Waals surface area contributed by atoms with Crippen molar-refractivity contribution < 1.29 is 14.6 Å². The molecule has 0 aliphatic heterocycles. The molecular formula is C20H16Cl2N4O3S. The Morgan fingerprint density at radius 1 is 1.10 bits per heavy atom. The molecule has 0 saturated carbocycles. The summed E-state index contributed by atoms with van der Waals surface area (Å²) >= 11 is 17.4. The summed E-state index contributed by atoms with van der Waals surface area (Å²) in [6.07, 6.45) is -0.237. The van der Waals surface area contributed by atoms with Crippen LogP contribution < -0.4 is 15.4 Å². The second kappa shape index (κ2) is 10.2. The molecule has 0 spiro atoms. The van der Waals surface area contributed by atoms with Gasteiger partial charge >= 0.3 is 5.97 Å². The van der Waals surface area contributed by atoms with E-state index in [9.17, 15) is 9.90 Å². The number of nitrogens with one attached hydrogen (secondary N) is 2. The first-order chi connectivity index (χ1) is 14.4. The maximum absolute atomic E-state index is 11.3. The van der Waals surface area contributed by atoms with Gasteiger partial charge in [-0.05, 0) is 48.1 Å². The van der Waals surface area contributed by atoms with Crippen LogP contribution in [0.4, 0.5) is 5.82 Å². The smallest absolute Gasteiger partial charge is 0.305 e. The monoisotopic (exact) mass is 462 g/mol. The zero-order valence-corrected chi connectivity index (χ0v) is 17.7. The second-order valence-electron chi connectivity index (χ2n) is 6.09. The zero-order valence-electron chi connectivity index (χ0n) is 15.4. The van der Waals surface area contributed by atoms with Crippen LogP contribution in [0.1, 0.15) is 18.0 Å². The summed E-state index contributed by atoms with van der Waals surface area (Å²) in [7, 11) is 0. The quantitative estimate of drug-likeness (QED) is 0.418. The number of para-hydroxylation sites is 1. The number of aliphatic carboxylic acids is 1. The van der Waals surface area contributed by atoms with E-state index in [-0.39, 0.29) is 11.5 Å². The van der Waals surface area contributed by atoms with Crippen LogP contribution in [0, 0.1) is 0 Å². The highest BCUT2D eigenvalue weighted by Crippen LogP contribution is 2.28. The van der Waals surface area contributed by atoms with Gasteiger partial charge in [0.1, 0.15) is 5.75 Å². The first-order valence-corrected chi connectivity index (χ1v) is 9.88. The van der Waals surface area contributed by atoms with E-state index in [0.29, 0.717) is 33.1 Å². The van der Waals surface area contributed by atoms with Gasteiger partial charge in [0.15, 0.2) is 10.9 Å². The van der Waals surface area contributed by atoms with Crippen molar-refractivity contribution in [3.05, 3.63) is 76.3 Å². The number of rotatable bonds is 7. The molecule has 3 rings (SSSR count). The van der Waals surface area contributed by atoms with Gasteiger partial charge in [0.05, 0.1) is 12.5 Å². The van der Waals surface area contributed by atoms with Crippen LogP contribution in [-0.2, 0) is 4.79 Å². The molecule has 2 aromatic carbocycles. The molecule has 3 aromatic rings. The fourth-order valence-electron chi connectivity index (χ4n) is 2.56. The van der Waals surface area contributed by atoms with Gasteiger partial charge in [-0.2, -0.15) is 0 Å². The minimum absolute atomic E-state index is 0.165. The normalized spacial score (nSPS) is 11.4. The Morgan fingerprint density at radius 2 is 1.87 bits per heavy atom. The minimum Gasteiger partial charge on any atom is -0.481 e. The Hall–Kier alpha value is -2.94. The van der Waals surface area contributed by atoms with Crippen molar-refractivity contribution in [3.63, 3.8) is 0 Å². The molecule has 10 heteroatoms. The fraction of sp³-hybridized carbons (Fsp3) is 0.100. The predicted octanol–water partition coefficient (Wildman–Crippen LogP) is 5.08. The molecule has 3 N–H and O–H groups in total. The lowest BCUT2D eigenvalue weighted by atomic mass is 10.0. The number of hydrogen-bond acceptors (Lipinski definition) is 5. The summed E-state index contributed by atoms with van der Waals surface area (Å²) in [4.78, 5) is 11.3. The van der Waals surface area contributed by atoms with E-state index in [4.69, 9.17) is 40.2 Å². The summed E-state index contributed by atoms with van der Waals surface area (Å²) in [6.45, 7) is 0. The minimum atomic E-state index is -1.01. The molecule has 0 aliphatic carbocycles. The Bertz CT molecular complexity index is 1040. The third-order valence-electron chi connectivity index (χ3n) is 3.87. The number of nitrogens with zero attached hydrogens (tertiary/aromatic N) is 2. The van der Waals surface area contributed by atoms with Crippen LogP contribution in [-0.4, -0.2) is 26.4 Å². The maximum atomic E-state index is 11.3. The van der Waals surface area contributed by atoms with E-state index in [1.807, 2.05) is 18.2 Å². The molecule has 7 nitrogen and oxygen atoms in total. The lowest BCUT2D eigenvalue weighted by molar-refractivity contribution is -0.137. The number of hydrogen-bond donors (Lipinski definition) is 3. The maximum Gasteiger partial charge on any atom is 0.305 e. The van der Waals surface area contributed by atoms with Crippen molar-refractivity contribution in [2.75, 3.05) is 5.32 Å². The lowest BCUT2D eigenvalue weighted by Gasteiger charge is -2.20. The van der Waals surface area contributed by atoms with E-state index < -0.39 is 12.0 Å². The summed E-state index contributed by atoms with van der Waals surface area (Å²) in [5.74, 6) is 0.316. The van der Waals surface area contributed by atoms with Crippen molar-refractivity contribution in [1.29, 1.82) is 0 Å². The van der Waals surface area contributed by atoms with E-state index in [2.05, 4.69) is 20.8 Å². The highest BCUT2D eigenvalue weighted by Gasteiger charge is 2.20. The Labute approximate surface area is 188 Å². The topological polar surface area (TPSA) is 96.4 Å². The van der Waals surface area contributed by atoms with Crippen LogP contribution in [0.15, 0.2) is 60.7 Å². The van der Waals surface area contributed by atoms with Crippen LogP contribution >= 0.6 is 35.4 Å². The average molecular weight is 463 g/mol. The standard InChI is InChI=1S/C20H16Cl2N4O3S/c21-12-6-7-14(15(22)10-12)16(11-19(27)28)23-20(30)24-17-8-9-18(26-25-17)29-13-4-2-1-3-5-13/h1-10,16H,11H2,(H,27,28)(H2,23,24,25,30). The van der Waals surface area contributed by atoms with E-state index in [0.717, 1.165) is 0 Å². The predicted molar refractivity (Wildman–Crippen MR) is 119 cm³/mol. The molecule has 1 heterocycles. The lowest BCUT2D eigenvalue weighted by Crippen LogP contribution is -2.34. The van der Waals surface area contributed by atoms with Crippen molar-refractivity contribution in [1.82, 2.24) is 15.5 Å². The molecule has 0 amide bonds. The highest BCUT2D eigenvalue weighted by atomic mass is 35.5. The number of carbonyl (C=O) groups is 1. The van der Waals surface area contributed by atoms with Crippen LogP contribution in [0.3, 0.4) is 0 Å². The molecule has 0 aliphatic rings. The molecule has 1 atom stereocenters. The van der Waals surface area contributed by atoms with Crippen LogP contribution in [0.2, 0.25) is 10.0 Å². The third-order valence-corrected chi connectivity index (χ3v) is 4.65. The van der Waals surface area contributed by atoms with Gasteiger partial charge in [0.25, 0.3) is 0 Å². The first kappa shape index (κ1) is 21.8. The number of aromatic nitrogens is 2. The average Bonchev–Trinajstić information content (AvgIpc) is 2.69. The molecule has 0 saturated heterocycles. The Morgan fingerprint density at radius 3 is 2.50 bits per heavy atom. The number of halogens is 2. The summed E-state index contributed by atoms with van der Waals surface area (Å²) in [5, 5.41) is 24.0. The Kier molecular flexibility index (Phi) is 7.40. The number of carboxylic acids is 1. The number of benzene rings is 2. The van der Waals surface area contributed by atoms with Crippen LogP contribution in [0.5, 0.6) is 11.6 Å². The summed E-state index contributed by atoms with van der Waals surface area (Å²) in [6, 6.07) is 16.6. The summed E-state index contributed by atoms with van der Waals surface area (Å²) < 4.78 is 5.59. The third kappa shape index (κ3) is 6.28. The molecule has 0 fully saturated rings. The number of carboxylic acid groups (broad SMARTS) is 1. The van der Waals surface area contributed by atoms with Gasteiger partial charge in [-0.25, -0.2) is 0 Å². The van der Waals surface area contributed by atoms with Gasteiger partial charge in [-0.1, -0.05) is 47.5 Å². The van der Waals surface area contributed by atoms with E-state index in [1.165, 1.54) is 0 Å². The number of anilines is 1. The van der Waals surface area contributed by atoms with Crippen molar-refractivity contribution in [3.8, 4) is 11.6 Å². The van der Waals surface area contributed by atoms with Gasteiger partial charge in [0, 0.05) is 16.1 Å². The van der Waals surface area contributed by atoms with Crippen LogP contribution in [0.25, 0.3) is 0 Å². The molecular weight excluding hydrogens is 447 g/mol. The zero-order chi connectivity index (χ0) is 21.5. The molecule has 1 aromatic heterocycles. The van der Waals surface area contributed by atoms with E-state index >= 15 is 0 Å². The molecule has 154 valence electrons. The van der Waals surface area contributed by atoms with E-state index in [1.54, 1.807) is 42.5 Å². The van der Waals surface area contributed by atoms with Crippen molar-refractivity contribution >= 4 is 52.3 Å². The Balaban J connectivity index is 1.65. The summed E-state index contributed by atoms with van der Waals surface area (Å²) in [5.41, 5.74) is 0.560. The fourth-order valence-corrected chi connectivity index (χ4v) is 3.35. The molecule has 1 unspecified atom stereocenters. The highest BCUT2D eigenvalue weighted by molar-refractivity contribution is 7.80. The number of thiocarbonyl (C=S) groups is 1. The molecule has 0 radical (unpaired) electrons. The SMILES string of the molecule is O=C(O)CC(NC(=S)Nc1ccc(Oc2ccccc2)nn1)c1ccc(Cl)cc1Cl. The largest absolute Gasteiger partial charge is 0.481 e. The van der Waals surface area contributed by atoms with Crippen molar-refractivity contribution in [2.45, 2.75) is 12.5 Å². The molecule has 30 heavy (non-hydrogen) atoms. The van der Waals surface area contributed by atoms with Crippen molar-refractivity contribution in [2.24, 2.45) is 0 Å². The first-order valence-electron chi connectivity index (χ1n) is 8.71.